The largest absolute Gasteiger partial charge is 0.423 e. The summed E-state index contributed by atoms with van der Waals surface area (Å²) in [5.74, 6) is 0.0418. The van der Waals surface area contributed by atoms with Crippen LogP contribution in [0.4, 0.5) is 5.69 Å². The van der Waals surface area contributed by atoms with E-state index in [2.05, 4.69) is 13.8 Å². The van der Waals surface area contributed by atoms with E-state index in [0.29, 0.717) is 12.1 Å². The van der Waals surface area contributed by atoms with Crippen molar-refractivity contribution in [2.24, 2.45) is 0 Å². The Morgan fingerprint density at radius 2 is 1.22 bits per heavy atom. The molecule has 2 aromatic rings. The van der Waals surface area contributed by atoms with Crippen molar-refractivity contribution in [2.75, 3.05) is 47.2 Å². The highest BCUT2D eigenvalue weighted by molar-refractivity contribution is 5.85. The lowest BCUT2D eigenvalue weighted by Crippen LogP contribution is -2.41. The Balaban J connectivity index is 0. The predicted octanol–water partition coefficient (Wildman–Crippen LogP) is 6.38. The van der Waals surface area contributed by atoms with Crippen LogP contribution in [0.15, 0.2) is 48.5 Å². The van der Waals surface area contributed by atoms with Gasteiger partial charge in [0.2, 0.25) is 12.8 Å². The molecular weight excluding hydrogens is 580 g/mol. The number of likely N-dealkylation sites (N-methyl/N-ethyl adjacent to an activating group) is 2. The van der Waals surface area contributed by atoms with Gasteiger partial charge in [0.1, 0.15) is 8.78 Å². The van der Waals surface area contributed by atoms with Crippen molar-refractivity contribution in [3.63, 3.8) is 0 Å². The van der Waals surface area contributed by atoms with Crippen LogP contribution in [0, 0.1) is 0 Å². The average Bonchev–Trinajstić information content (AvgIpc) is 3.05. The third-order valence-electron chi connectivity index (χ3n) is 7.84. The number of esters is 1. The zero-order chi connectivity index (χ0) is 38.2. The molecule has 2 amide bonds. The highest BCUT2D eigenvalue weighted by Gasteiger charge is 2.35. The third-order valence-corrected chi connectivity index (χ3v) is 7.84. The van der Waals surface area contributed by atoms with Gasteiger partial charge in [0.15, 0.2) is 11.5 Å². The predicted molar refractivity (Wildman–Crippen MR) is 191 cm³/mol. The van der Waals surface area contributed by atoms with Gasteiger partial charge in [0.25, 0.3) is 0 Å². The van der Waals surface area contributed by atoms with Gasteiger partial charge in [0, 0.05) is 20.5 Å². The molecule has 260 valence electrons. The summed E-state index contributed by atoms with van der Waals surface area (Å²) in [6.07, 6.45) is -1.18. The molecule has 2 aromatic carbocycles. The molecule has 0 heterocycles. The summed E-state index contributed by atoms with van der Waals surface area (Å²) in [6.45, 7) is 19.6. The molecule has 0 aromatic heterocycles. The second-order valence-corrected chi connectivity index (χ2v) is 12.1. The van der Waals surface area contributed by atoms with E-state index in [1.165, 1.54) is 11.9 Å². The Morgan fingerprint density at radius 3 is 1.67 bits per heavy atom. The van der Waals surface area contributed by atoms with E-state index >= 15 is 0 Å². The van der Waals surface area contributed by atoms with Gasteiger partial charge in [-0.3, -0.25) is 24.2 Å². The van der Waals surface area contributed by atoms with E-state index in [-0.39, 0.29) is 23.0 Å². The normalized spacial score (nSPS) is 12.7. The molecule has 9 heteroatoms. The molecular formula is C37H62N4O5. The van der Waals surface area contributed by atoms with Gasteiger partial charge >= 0.3 is 5.97 Å². The van der Waals surface area contributed by atoms with Crippen LogP contribution in [-0.2, 0) is 30.1 Å². The molecule has 0 saturated carbocycles. The number of benzene rings is 2. The van der Waals surface area contributed by atoms with Crippen molar-refractivity contribution in [1.82, 2.24) is 14.7 Å². The van der Waals surface area contributed by atoms with Crippen molar-refractivity contribution < 1.29 is 26.7 Å². The van der Waals surface area contributed by atoms with E-state index in [1.54, 1.807) is 57.2 Å². The van der Waals surface area contributed by atoms with E-state index in [4.69, 9.17) is 7.48 Å². The minimum absolute atomic E-state index is 0.142. The van der Waals surface area contributed by atoms with Crippen LogP contribution < -0.4 is 9.64 Å². The Morgan fingerprint density at radius 1 is 0.761 bits per heavy atom. The lowest BCUT2D eigenvalue weighted by atomic mass is 9.73. The van der Waals surface area contributed by atoms with Crippen molar-refractivity contribution in [1.29, 1.82) is 0 Å². The molecule has 0 aliphatic heterocycles. The van der Waals surface area contributed by atoms with Crippen LogP contribution >= 0.6 is 0 Å². The van der Waals surface area contributed by atoms with Gasteiger partial charge in [-0.15, -0.1) is 0 Å². The van der Waals surface area contributed by atoms with Gasteiger partial charge < -0.3 is 14.5 Å². The number of hydrogen-bond donors (Lipinski definition) is 0. The first kappa shape index (κ1) is 40.5. The number of amides is 2. The van der Waals surface area contributed by atoms with E-state index in [0.717, 1.165) is 16.0 Å². The highest BCUT2D eigenvalue weighted by Crippen LogP contribution is 2.37. The zero-order valence-electron chi connectivity index (χ0n) is 33.3. The number of Topliss-reactive ketones (excluding diaryl/α,β-unsaturated/α-hetero) is 1. The molecule has 1 unspecified atom stereocenters. The summed E-state index contributed by atoms with van der Waals surface area (Å²) in [5.41, 5.74) is 1.38. The standard InChI is InChI=1S/C20H32N2O2.C13H18N2O3.2C2H6/c1-15(21(6)7)18(24)13-19(2,3)16-11-9-10-12-17(16)20(4,5)22(8)14-23;1-10(14(2)3)13(17)18-12-8-6-5-7-11(12)15(4)9-16;2*1-2/h9-12,14-15H,13H2,1-8H3;5-10H,1-4H3;2*1-2H3/t;10-;;/m.0../s1/i14D;9D;;. The molecule has 0 saturated heterocycles. The first-order chi connectivity index (χ1) is 22.2. The van der Waals surface area contributed by atoms with Gasteiger partial charge in [-0.1, -0.05) is 77.9 Å². The van der Waals surface area contributed by atoms with Crippen molar-refractivity contribution in [3.05, 3.63) is 59.7 Å². The fraction of sp³-hybridized carbons (Fsp3) is 0.568. The second-order valence-electron chi connectivity index (χ2n) is 12.1. The van der Waals surface area contributed by atoms with Crippen LogP contribution in [-0.4, -0.2) is 93.6 Å². The van der Waals surface area contributed by atoms with Crippen LogP contribution in [0.5, 0.6) is 5.75 Å². The lowest BCUT2D eigenvalue weighted by molar-refractivity contribution is -0.138. The van der Waals surface area contributed by atoms with Gasteiger partial charge in [-0.2, -0.15) is 0 Å². The summed E-state index contributed by atoms with van der Waals surface area (Å²) >= 11 is 0. The zero-order valence-corrected chi connectivity index (χ0v) is 31.3. The van der Waals surface area contributed by atoms with Crippen LogP contribution in [0.2, 0.25) is 0 Å². The Bertz CT molecular complexity index is 1310. The maximum atomic E-state index is 12.6. The molecule has 0 aliphatic carbocycles. The van der Waals surface area contributed by atoms with Crippen LogP contribution in [0.25, 0.3) is 0 Å². The van der Waals surface area contributed by atoms with E-state index in [9.17, 15) is 19.2 Å². The molecule has 0 N–H and O–H groups in total. The highest BCUT2D eigenvalue weighted by atomic mass is 16.5. The molecule has 0 radical (unpaired) electrons. The maximum Gasteiger partial charge on any atom is 0.328 e. The van der Waals surface area contributed by atoms with Gasteiger partial charge in [-0.05, 0) is 84.6 Å². The smallest absolute Gasteiger partial charge is 0.328 e. The summed E-state index contributed by atoms with van der Waals surface area (Å²) in [4.78, 5) is 53.4. The molecule has 2 atom stereocenters. The van der Waals surface area contributed by atoms with Crippen LogP contribution in [0.3, 0.4) is 0 Å². The number of nitrogens with zero attached hydrogens (tertiary/aromatic N) is 4. The van der Waals surface area contributed by atoms with Crippen molar-refractivity contribution in [3.8, 4) is 5.75 Å². The average molecular weight is 645 g/mol. The summed E-state index contributed by atoms with van der Waals surface area (Å²) in [7, 11) is 10.5. The Kier molecular flexibility index (Phi) is 18.7. The number of para-hydroxylation sites is 2. The Labute approximate surface area is 282 Å². The molecule has 2 rings (SSSR count). The second kappa shape index (κ2) is 21.3. The topological polar surface area (TPSA) is 90.5 Å². The minimum Gasteiger partial charge on any atom is -0.423 e. The lowest BCUT2D eigenvalue weighted by Gasteiger charge is -2.38. The van der Waals surface area contributed by atoms with Crippen molar-refractivity contribution >= 4 is 30.2 Å². The SMILES string of the molecule is CC.CC.[2H]C(=O)N(C)C(C)(C)c1ccccc1C(C)(C)CC(=O)C(C)N(C)C.[2H]C(=O)N(C)c1ccccc1OC(=O)[C@H](C)N(C)C. The number of anilines is 1. The number of carbonyl (C=O) groups excluding carboxylic acids is 4. The summed E-state index contributed by atoms with van der Waals surface area (Å²) in [6, 6.07) is 14.0. The number of carbonyl (C=O) groups is 4. The summed E-state index contributed by atoms with van der Waals surface area (Å²) < 4.78 is 19.8. The number of rotatable bonds is 11. The fourth-order valence-electron chi connectivity index (χ4n) is 4.14. The Hall–Kier alpha value is -3.56. The molecule has 0 aliphatic rings. The summed E-state index contributed by atoms with van der Waals surface area (Å²) in [5, 5.41) is 0. The van der Waals surface area contributed by atoms with Crippen LogP contribution in [0.1, 0.15) is 89.5 Å². The fourth-order valence-corrected chi connectivity index (χ4v) is 4.14. The first-order valence-corrected chi connectivity index (χ1v) is 15.9. The van der Waals surface area contributed by atoms with Gasteiger partial charge in [-0.25, -0.2) is 4.79 Å². The molecule has 0 spiro atoms. The third kappa shape index (κ3) is 13.0. The van der Waals surface area contributed by atoms with E-state index < -0.39 is 30.3 Å². The monoisotopic (exact) mass is 644 g/mol. The molecule has 0 fully saturated rings. The van der Waals surface area contributed by atoms with E-state index in [1.807, 2.05) is 91.7 Å². The quantitative estimate of drug-likeness (QED) is 0.159. The molecule has 46 heavy (non-hydrogen) atoms. The first-order valence-electron chi connectivity index (χ1n) is 16.9. The minimum atomic E-state index is -0.871. The molecule has 0 bridgehead atoms. The van der Waals surface area contributed by atoms with Gasteiger partial charge in [0.05, 0.1) is 17.3 Å². The molecule has 9 nitrogen and oxygen atoms in total. The van der Waals surface area contributed by atoms with Crippen molar-refractivity contribution in [2.45, 2.75) is 98.7 Å². The number of ketones is 1. The maximum absolute atomic E-state index is 12.6. The number of ether oxygens (including phenoxy) is 1. The number of hydrogen-bond acceptors (Lipinski definition) is 7.